The van der Waals surface area contributed by atoms with Crippen LogP contribution in [0.5, 0.6) is 5.75 Å². The van der Waals surface area contributed by atoms with E-state index in [2.05, 4.69) is 98.1 Å². The Balaban J connectivity index is 1.54. The summed E-state index contributed by atoms with van der Waals surface area (Å²) in [5, 5.41) is 2.63. The van der Waals surface area contributed by atoms with Gasteiger partial charge in [-0.1, -0.05) is 36.8 Å². The monoisotopic (exact) mass is 459 g/mol. The van der Waals surface area contributed by atoms with E-state index in [9.17, 15) is 0 Å². The summed E-state index contributed by atoms with van der Waals surface area (Å²) in [6, 6.07) is 27.1. The topological polar surface area (TPSA) is 14.2 Å². The van der Waals surface area contributed by atoms with Crippen molar-refractivity contribution in [1.82, 2.24) is 4.57 Å². The lowest BCUT2D eigenvalue weighted by Crippen LogP contribution is -2.06. The summed E-state index contributed by atoms with van der Waals surface area (Å²) in [6.07, 6.45) is 6.03. The van der Waals surface area contributed by atoms with Crippen molar-refractivity contribution in [2.75, 3.05) is 6.61 Å². The molecule has 0 atom stereocenters. The maximum absolute atomic E-state index is 5.83. The summed E-state index contributed by atoms with van der Waals surface area (Å²) < 4.78 is 8.22. The van der Waals surface area contributed by atoms with Crippen molar-refractivity contribution in [1.29, 1.82) is 0 Å². The van der Waals surface area contributed by atoms with Crippen LogP contribution in [0.1, 0.15) is 48.4 Å². The summed E-state index contributed by atoms with van der Waals surface area (Å²) in [5.41, 5.74) is 12.3. The molecule has 1 aliphatic rings. The number of fused-ring (bicyclic) bond motifs is 4. The Morgan fingerprint density at radius 3 is 2.23 bits per heavy atom. The third-order valence-corrected chi connectivity index (χ3v) is 7.57. The van der Waals surface area contributed by atoms with Crippen molar-refractivity contribution in [2.45, 2.75) is 52.9 Å². The average Bonchev–Trinajstić information content (AvgIpc) is 3.21. The van der Waals surface area contributed by atoms with Gasteiger partial charge in [0.1, 0.15) is 5.75 Å². The highest BCUT2D eigenvalue weighted by Crippen LogP contribution is 2.38. The van der Waals surface area contributed by atoms with Crippen molar-refractivity contribution >= 4 is 21.8 Å². The zero-order valence-electron chi connectivity index (χ0n) is 21.0. The van der Waals surface area contributed by atoms with Gasteiger partial charge < -0.3 is 9.30 Å². The van der Waals surface area contributed by atoms with E-state index in [0.29, 0.717) is 0 Å². The van der Waals surface area contributed by atoms with Crippen LogP contribution in [0.4, 0.5) is 0 Å². The predicted molar refractivity (Wildman–Crippen MR) is 148 cm³/mol. The largest absolute Gasteiger partial charge is 0.494 e. The van der Waals surface area contributed by atoms with Crippen LogP contribution in [0.3, 0.4) is 0 Å². The number of benzene rings is 4. The molecule has 35 heavy (non-hydrogen) atoms. The third kappa shape index (κ3) is 3.82. The van der Waals surface area contributed by atoms with Gasteiger partial charge in [-0.15, -0.1) is 0 Å². The fourth-order valence-electron chi connectivity index (χ4n) is 5.81. The first kappa shape index (κ1) is 22.0. The number of aromatic nitrogens is 1. The van der Waals surface area contributed by atoms with Crippen LogP contribution in [-0.4, -0.2) is 11.2 Å². The summed E-state index contributed by atoms with van der Waals surface area (Å²) in [5.74, 6) is 0.929. The SMILES string of the molecule is CCCOc1ccc(-n2c3ccc(C)cc3c3cc(-c4ccc(C)c5c4CCCC5)ccc32)cc1. The standard InChI is InChI=1S/C33H33NO/c1-4-19-35-26-14-12-25(13-15-26)34-32-17-9-22(2)20-30(32)31-21-24(11-18-33(31)34)28-16-10-23(3)27-7-5-6-8-29(27)28/h9-18,20-21H,4-8,19H2,1-3H3. The Morgan fingerprint density at radius 2 is 1.46 bits per heavy atom. The van der Waals surface area contributed by atoms with Gasteiger partial charge in [0.25, 0.3) is 0 Å². The van der Waals surface area contributed by atoms with Crippen LogP contribution < -0.4 is 4.74 Å². The molecule has 0 bridgehead atoms. The number of aryl methyl sites for hydroxylation is 2. The molecule has 1 heterocycles. The minimum absolute atomic E-state index is 0.749. The third-order valence-electron chi connectivity index (χ3n) is 7.57. The molecule has 0 radical (unpaired) electrons. The Labute approximate surface area is 208 Å². The second-order valence-electron chi connectivity index (χ2n) is 10.0. The molecule has 0 spiro atoms. The van der Waals surface area contributed by atoms with E-state index in [4.69, 9.17) is 4.74 Å². The Hall–Kier alpha value is -3.52. The molecule has 2 nitrogen and oxygen atoms in total. The molecule has 0 N–H and O–H groups in total. The maximum atomic E-state index is 5.83. The minimum Gasteiger partial charge on any atom is -0.494 e. The molecule has 0 aliphatic heterocycles. The summed E-state index contributed by atoms with van der Waals surface area (Å²) in [4.78, 5) is 0. The molecule has 0 unspecified atom stereocenters. The molecule has 0 saturated carbocycles. The van der Waals surface area contributed by atoms with Crippen LogP contribution in [-0.2, 0) is 12.8 Å². The summed E-state index contributed by atoms with van der Waals surface area (Å²) in [6.45, 7) is 7.34. The summed E-state index contributed by atoms with van der Waals surface area (Å²) in [7, 11) is 0. The molecule has 6 rings (SSSR count). The summed E-state index contributed by atoms with van der Waals surface area (Å²) >= 11 is 0. The van der Waals surface area contributed by atoms with Gasteiger partial charge in [0.05, 0.1) is 17.6 Å². The lowest BCUT2D eigenvalue weighted by molar-refractivity contribution is 0.317. The number of hydrogen-bond donors (Lipinski definition) is 0. The first-order valence-electron chi connectivity index (χ1n) is 13.0. The molecule has 1 aromatic heterocycles. The van der Waals surface area contributed by atoms with E-state index in [1.54, 1.807) is 11.1 Å². The molecule has 2 heteroatoms. The Kier molecular flexibility index (Phi) is 5.60. The molecule has 0 saturated heterocycles. The first-order valence-corrected chi connectivity index (χ1v) is 13.0. The van der Waals surface area contributed by atoms with Gasteiger partial charge >= 0.3 is 0 Å². The van der Waals surface area contributed by atoms with Crippen molar-refractivity contribution in [2.24, 2.45) is 0 Å². The second-order valence-corrected chi connectivity index (χ2v) is 10.0. The van der Waals surface area contributed by atoms with Gasteiger partial charge in [-0.3, -0.25) is 0 Å². The van der Waals surface area contributed by atoms with E-state index >= 15 is 0 Å². The zero-order valence-corrected chi connectivity index (χ0v) is 21.0. The molecule has 1 aliphatic carbocycles. The number of rotatable bonds is 5. The van der Waals surface area contributed by atoms with Crippen molar-refractivity contribution in [3.8, 4) is 22.6 Å². The van der Waals surface area contributed by atoms with E-state index < -0.39 is 0 Å². The predicted octanol–water partition coefficient (Wildman–Crippen LogP) is 8.74. The van der Waals surface area contributed by atoms with Crippen LogP contribution in [0, 0.1) is 13.8 Å². The molecule has 0 fully saturated rings. The highest BCUT2D eigenvalue weighted by Gasteiger charge is 2.18. The fraction of sp³-hybridized carbons (Fsp3) is 0.273. The van der Waals surface area contributed by atoms with Gasteiger partial charge in [0.15, 0.2) is 0 Å². The lowest BCUT2D eigenvalue weighted by atomic mass is 9.83. The highest BCUT2D eigenvalue weighted by molar-refractivity contribution is 6.10. The van der Waals surface area contributed by atoms with E-state index in [1.807, 2.05) is 0 Å². The number of ether oxygens (including phenoxy) is 1. The smallest absolute Gasteiger partial charge is 0.119 e. The Bertz CT molecular complexity index is 1540. The molecular weight excluding hydrogens is 426 g/mol. The van der Waals surface area contributed by atoms with Crippen LogP contribution in [0.25, 0.3) is 38.6 Å². The van der Waals surface area contributed by atoms with Crippen LogP contribution in [0.15, 0.2) is 72.8 Å². The van der Waals surface area contributed by atoms with Gasteiger partial charge in [-0.25, -0.2) is 0 Å². The minimum atomic E-state index is 0.749. The molecule has 5 aromatic rings. The first-order chi connectivity index (χ1) is 17.1. The van der Waals surface area contributed by atoms with Crippen molar-refractivity contribution < 1.29 is 4.74 Å². The maximum Gasteiger partial charge on any atom is 0.119 e. The van der Waals surface area contributed by atoms with Crippen LogP contribution >= 0.6 is 0 Å². The van der Waals surface area contributed by atoms with E-state index in [0.717, 1.165) is 24.5 Å². The van der Waals surface area contributed by atoms with Crippen molar-refractivity contribution in [3.05, 3.63) is 95.1 Å². The highest BCUT2D eigenvalue weighted by atomic mass is 16.5. The second kappa shape index (κ2) is 8.92. The van der Waals surface area contributed by atoms with E-state index in [-0.39, 0.29) is 0 Å². The molecular formula is C33H33NO. The van der Waals surface area contributed by atoms with E-state index in [1.165, 1.54) is 69.7 Å². The van der Waals surface area contributed by atoms with Crippen molar-refractivity contribution in [3.63, 3.8) is 0 Å². The Morgan fingerprint density at radius 1 is 0.743 bits per heavy atom. The molecule has 4 aromatic carbocycles. The quantitative estimate of drug-likeness (QED) is 0.256. The molecule has 0 amide bonds. The number of hydrogen-bond acceptors (Lipinski definition) is 1. The van der Waals surface area contributed by atoms with Gasteiger partial charge in [0.2, 0.25) is 0 Å². The van der Waals surface area contributed by atoms with Gasteiger partial charge in [-0.2, -0.15) is 0 Å². The lowest BCUT2D eigenvalue weighted by Gasteiger charge is -2.22. The number of nitrogens with zero attached hydrogens (tertiary/aromatic N) is 1. The van der Waals surface area contributed by atoms with Crippen LogP contribution in [0.2, 0.25) is 0 Å². The normalized spacial score (nSPS) is 13.3. The fourth-order valence-corrected chi connectivity index (χ4v) is 5.81. The van der Waals surface area contributed by atoms with Gasteiger partial charge in [-0.05, 0) is 122 Å². The zero-order chi connectivity index (χ0) is 23.9. The average molecular weight is 460 g/mol. The molecule has 176 valence electrons. The van der Waals surface area contributed by atoms with Gasteiger partial charge in [0, 0.05) is 16.5 Å².